The van der Waals surface area contributed by atoms with Crippen LogP contribution in [-0.2, 0) is 4.84 Å². The van der Waals surface area contributed by atoms with Crippen LogP contribution in [0.4, 0.5) is 0 Å². The van der Waals surface area contributed by atoms with E-state index in [1.165, 1.54) is 11.8 Å². The Labute approximate surface area is 86.0 Å². The zero-order chi connectivity index (χ0) is 9.10. The predicted molar refractivity (Wildman–Crippen MR) is 59.1 cm³/mol. The molecular formula is C9H7NOS2. The molecule has 0 N–H and O–H groups in total. The van der Waals surface area contributed by atoms with Crippen molar-refractivity contribution in [2.45, 2.75) is 0 Å². The van der Waals surface area contributed by atoms with Crippen LogP contribution in [0, 0.1) is 0 Å². The van der Waals surface area contributed by atoms with E-state index < -0.39 is 0 Å². The minimum atomic E-state index is 0.500. The van der Waals surface area contributed by atoms with Crippen molar-refractivity contribution in [2.75, 3.05) is 5.75 Å². The molecule has 0 fully saturated rings. The van der Waals surface area contributed by atoms with Gasteiger partial charge in [-0.3, -0.25) is 0 Å². The normalized spacial score (nSPS) is 16.3. The SMILES string of the molecule is S=C1ON=C(c2ccccc2)CS1. The molecule has 0 spiro atoms. The quantitative estimate of drug-likeness (QED) is 0.663. The number of nitrogens with zero attached hydrogens (tertiary/aromatic N) is 1. The molecule has 13 heavy (non-hydrogen) atoms. The summed E-state index contributed by atoms with van der Waals surface area (Å²) in [6.07, 6.45) is 0. The zero-order valence-electron chi connectivity index (χ0n) is 6.77. The van der Waals surface area contributed by atoms with Crippen LogP contribution in [0.3, 0.4) is 0 Å². The number of thiocarbonyl (C=S) groups is 1. The molecule has 1 aliphatic heterocycles. The molecule has 1 heterocycles. The van der Waals surface area contributed by atoms with Crippen LogP contribution in [0.1, 0.15) is 5.56 Å². The lowest BCUT2D eigenvalue weighted by Gasteiger charge is -2.10. The molecule has 1 aliphatic rings. The maximum Gasteiger partial charge on any atom is 0.255 e. The molecule has 66 valence electrons. The van der Waals surface area contributed by atoms with Gasteiger partial charge in [0.05, 0.1) is 5.71 Å². The minimum absolute atomic E-state index is 0.500. The number of hydrogen-bond acceptors (Lipinski definition) is 4. The first-order valence-electron chi connectivity index (χ1n) is 3.82. The molecule has 1 aromatic rings. The second-order valence-electron chi connectivity index (χ2n) is 2.53. The van der Waals surface area contributed by atoms with E-state index in [0.717, 1.165) is 17.0 Å². The van der Waals surface area contributed by atoms with Crippen LogP contribution >= 0.6 is 24.0 Å². The molecule has 0 saturated carbocycles. The van der Waals surface area contributed by atoms with Crippen molar-refractivity contribution in [2.24, 2.45) is 5.16 Å². The number of rotatable bonds is 1. The Hall–Kier alpha value is -0.870. The smallest absolute Gasteiger partial charge is 0.255 e. The molecule has 0 unspecified atom stereocenters. The summed E-state index contributed by atoms with van der Waals surface area (Å²) < 4.78 is 0.500. The van der Waals surface area contributed by atoms with Crippen molar-refractivity contribution in [3.63, 3.8) is 0 Å². The Morgan fingerprint density at radius 3 is 2.69 bits per heavy atom. The lowest BCUT2D eigenvalue weighted by atomic mass is 10.1. The van der Waals surface area contributed by atoms with E-state index >= 15 is 0 Å². The standard InChI is InChI=1S/C9H7NOS2/c12-9-11-10-8(6-13-9)7-4-2-1-3-5-7/h1-5H,6H2. The van der Waals surface area contributed by atoms with Gasteiger partial charge in [0.1, 0.15) is 0 Å². The third-order valence-electron chi connectivity index (χ3n) is 1.66. The molecule has 2 nitrogen and oxygen atoms in total. The first-order valence-corrected chi connectivity index (χ1v) is 5.22. The fourth-order valence-corrected chi connectivity index (χ4v) is 1.82. The van der Waals surface area contributed by atoms with E-state index in [2.05, 4.69) is 5.16 Å². The van der Waals surface area contributed by atoms with Gasteiger partial charge < -0.3 is 4.84 Å². The monoisotopic (exact) mass is 209 g/mol. The van der Waals surface area contributed by atoms with Crippen LogP contribution in [0.25, 0.3) is 0 Å². The predicted octanol–water partition coefficient (Wildman–Crippen LogP) is 2.44. The van der Waals surface area contributed by atoms with Gasteiger partial charge in [0.25, 0.3) is 4.38 Å². The Morgan fingerprint density at radius 2 is 2.08 bits per heavy atom. The summed E-state index contributed by atoms with van der Waals surface area (Å²) in [5, 5.41) is 3.94. The third-order valence-corrected chi connectivity index (χ3v) is 2.82. The second kappa shape index (κ2) is 3.89. The minimum Gasteiger partial charge on any atom is -0.338 e. The molecule has 0 amide bonds. The van der Waals surface area contributed by atoms with Crippen LogP contribution < -0.4 is 0 Å². The van der Waals surface area contributed by atoms with Crippen molar-refractivity contribution in [1.29, 1.82) is 0 Å². The summed E-state index contributed by atoms with van der Waals surface area (Å²) in [6, 6.07) is 9.96. The second-order valence-corrected chi connectivity index (χ2v) is 4.11. The highest BCUT2D eigenvalue weighted by Crippen LogP contribution is 2.16. The molecule has 4 heteroatoms. The third kappa shape index (κ3) is 2.08. The summed E-state index contributed by atoms with van der Waals surface area (Å²) in [5.41, 5.74) is 2.04. The lowest BCUT2D eigenvalue weighted by molar-refractivity contribution is 0.346. The Kier molecular flexibility index (Phi) is 2.61. The van der Waals surface area contributed by atoms with Gasteiger partial charge in [-0.2, -0.15) is 0 Å². The summed E-state index contributed by atoms with van der Waals surface area (Å²) >= 11 is 6.34. The van der Waals surface area contributed by atoms with Crippen molar-refractivity contribution in [1.82, 2.24) is 0 Å². The largest absolute Gasteiger partial charge is 0.338 e. The average Bonchev–Trinajstić information content (AvgIpc) is 2.20. The van der Waals surface area contributed by atoms with Gasteiger partial charge in [-0.15, -0.1) is 0 Å². The highest BCUT2D eigenvalue weighted by molar-refractivity contribution is 8.23. The summed E-state index contributed by atoms with van der Waals surface area (Å²) in [7, 11) is 0. The summed E-state index contributed by atoms with van der Waals surface area (Å²) in [4.78, 5) is 4.93. The molecule has 2 rings (SSSR count). The van der Waals surface area contributed by atoms with Crippen molar-refractivity contribution in [3.05, 3.63) is 35.9 Å². The van der Waals surface area contributed by atoms with Crippen molar-refractivity contribution < 1.29 is 4.84 Å². The van der Waals surface area contributed by atoms with E-state index in [1.54, 1.807) is 0 Å². The fraction of sp³-hybridized carbons (Fsp3) is 0.111. The molecule has 1 aromatic carbocycles. The van der Waals surface area contributed by atoms with Gasteiger partial charge in [-0.1, -0.05) is 47.2 Å². The van der Waals surface area contributed by atoms with E-state index in [-0.39, 0.29) is 0 Å². The molecule has 0 radical (unpaired) electrons. The summed E-state index contributed by atoms with van der Waals surface area (Å²) in [5.74, 6) is 0.794. The highest BCUT2D eigenvalue weighted by atomic mass is 32.2. The van der Waals surface area contributed by atoms with Crippen molar-refractivity contribution in [3.8, 4) is 0 Å². The van der Waals surface area contributed by atoms with E-state index in [4.69, 9.17) is 17.1 Å². The Morgan fingerprint density at radius 1 is 1.31 bits per heavy atom. The maximum atomic E-state index is 4.93. The molecule has 0 atom stereocenters. The Bertz CT molecular complexity index is 348. The lowest BCUT2D eigenvalue weighted by Crippen LogP contribution is -2.12. The van der Waals surface area contributed by atoms with E-state index in [9.17, 15) is 0 Å². The molecular weight excluding hydrogens is 202 g/mol. The fourth-order valence-electron chi connectivity index (χ4n) is 1.04. The van der Waals surface area contributed by atoms with Crippen LogP contribution in [-0.4, -0.2) is 15.8 Å². The number of benzene rings is 1. The van der Waals surface area contributed by atoms with Gasteiger partial charge in [-0.05, 0) is 12.2 Å². The molecule has 0 saturated heterocycles. The first-order chi connectivity index (χ1) is 6.36. The van der Waals surface area contributed by atoms with Crippen LogP contribution in [0.15, 0.2) is 35.5 Å². The van der Waals surface area contributed by atoms with Gasteiger partial charge >= 0.3 is 0 Å². The Balaban J connectivity index is 2.23. The molecule has 0 aliphatic carbocycles. The highest BCUT2D eigenvalue weighted by Gasteiger charge is 2.12. The van der Waals surface area contributed by atoms with Crippen molar-refractivity contribution >= 4 is 34.1 Å². The zero-order valence-corrected chi connectivity index (χ0v) is 8.40. The first kappa shape index (κ1) is 8.72. The van der Waals surface area contributed by atoms with Crippen LogP contribution in [0.5, 0.6) is 0 Å². The topological polar surface area (TPSA) is 21.6 Å². The number of thioether (sulfide) groups is 1. The van der Waals surface area contributed by atoms with E-state index in [1.807, 2.05) is 30.3 Å². The maximum absolute atomic E-state index is 4.93. The number of oxime groups is 1. The molecule has 0 aromatic heterocycles. The molecule has 0 bridgehead atoms. The van der Waals surface area contributed by atoms with Gasteiger partial charge in [0, 0.05) is 11.3 Å². The van der Waals surface area contributed by atoms with Gasteiger partial charge in [0.15, 0.2) is 0 Å². The van der Waals surface area contributed by atoms with Crippen LogP contribution in [0.2, 0.25) is 0 Å². The number of hydrogen-bond donors (Lipinski definition) is 0. The summed E-state index contributed by atoms with van der Waals surface area (Å²) in [6.45, 7) is 0. The van der Waals surface area contributed by atoms with Gasteiger partial charge in [-0.25, -0.2) is 0 Å². The van der Waals surface area contributed by atoms with E-state index in [0.29, 0.717) is 4.38 Å². The average molecular weight is 209 g/mol. The van der Waals surface area contributed by atoms with Gasteiger partial charge in [0.2, 0.25) is 0 Å².